The molecule has 1 amide bonds. The van der Waals surface area contributed by atoms with Crippen molar-refractivity contribution < 1.29 is 26.7 Å². The molecular weight excluding hydrogens is 357 g/mol. The SMILES string of the molecule is O=C(Nc1ccccc1-c1cc(F)c(F)c(F)c1)C1CNNC1C(F)F. The first kappa shape index (κ1) is 18.3. The first-order valence-corrected chi connectivity index (χ1v) is 7.70. The molecule has 1 heterocycles. The van der Waals surface area contributed by atoms with Crippen LogP contribution >= 0.6 is 0 Å². The molecule has 2 atom stereocenters. The highest BCUT2D eigenvalue weighted by atomic mass is 19.3. The van der Waals surface area contributed by atoms with Crippen LogP contribution in [0.4, 0.5) is 27.6 Å². The molecule has 138 valence electrons. The highest BCUT2D eigenvalue weighted by Crippen LogP contribution is 2.31. The van der Waals surface area contributed by atoms with Crippen molar-refractivity contribution in [3.63, 3.8) is 0 Å². The van der Waals surface area contributed by atoms with Gasteiger partial charge in [-0.15, -0.1) is 0 Å². The zero-order valence-corrected chi connectivity index (χ0v) is 13.2. The van der Waals surface area contributed by atoms with Gasteiger partial charge in [0.2, 0.25) is 5.91 Å². The molecule has 0 saturated carbocycles. The van der Waals surface area contributed by atoms with Crippen LogP contribution in [0, 0.1) is 23.4 Å². The van der Waals surface area contributed by atoms with E-state index in [1.165, 1.54) is 12.1 Å². The van der Waals surface area contributed by atoms with E-state index in [-0.39, 0.29) is 23.4 Å². The maximum absolute atomic E-state index is 13.5. The van der Waals surface area contributed by atoms with Crippen LogP contribution in [0.25, 0.3) is 11.1 Å². The Balaban J connectivity index is 1.90. The molecule has 26 heavy (non-hydrogen) atoms. The van der Waals surface area contributed by atoms with Crippen LogP contribution in [-0.2, 0) is 4.79 Å². The predicted molar refractivity (Wildman–Crippen MR) is 84.8 cm³/mol. The van der Waals surface area contributed by atoms with Gasteiger partial charge in [0.25, 0.3) is 6.43 Å². The molecule has 1 aliphatic rings. The molecular formula is C17H14F5N3O. The summed E-state index contributed by atoms with van der Waals surface area (Å²) in [4.78, 5) is 12.4. The molecule has 0 aliphatic carbocycles. The van der Waals surface area contributed by atoms with E-state index in [0.717, 1.165) is 12.1 Å². The zero-order valence-electron chi connectivity index (χ0n) is 13.2. The normalized spacial score (nSPS) is 19.8. The number of hydrazine groups is 1. The molecule has 3 N–H and O–H groups in total. The third-order valence-corrected chi connectivity index (χ3v) is 4.11. The van der Waals surface area contributed by atoms with Gasteiger partial charge >= 0.3 is 0 Å². The Morgan fingerprint density at radius 3 is 2.42 bits per heavy atom. The van der Waals surface area contributed by atoms with E-state index in [2.05, 4.69) is 16.2 Å². The number of hydrogen-bond acceptors (Lipinski definition) is 3. The summed E-state index contributed by atoms with van der Waals surface area (Å²) in [6.07, 6.45) is -2.75. The minimum Gasteiger partial charge on any atom is -0.325 e. The summed E-state index contributed by atoms with van der Waals surface area (Å²) in [6, 6.07) is 6.28. The zero-order chi connectivity index (χ0) is 18.8. The van der Waals surface area contributed by atoms with Gasteiger partial charge in [0.15, 0.2) is 17.5 Å². The largest absolute Gasteiger partial charge is 0.325 e. The topological polar surface area (TPSA) is 53.2 Å². The first-order valence-electron chi connectivity index (χ1n) is 7.70. The summed E-state index contributed by atoms with van der Waals surface area (Å²) in [5.41, 5.74) is 5.25. The summed E-state index contributed by atoms with van der Waals surface area (Å²) in [7, 11) is 0. The fraction of sp³-hybridized carbons (Fsp3) is 0.235. The molecule has 1 aliphatic heterocycles. The quantitative estimate of drug-likeness (QED) is 0.572. The maximum Gasteiger partial charge on any atom is 0.255 e. The molecule has 9 heteroatoms. The average molecular weight is 371 g/mol. The Kier molecular flexibility index (Phi) is 5.19. The summed E-state index contributed by atoms with van der Waals surface area (Å²) in [6.45, 7) is 0.00279. The van der Waals surface area contributed by atoms with E-state index >= 15 is 0 Å². The van der Waals surface area contributed by atoms with Crippen molar-refractivity contribution in [1.82, 2.24) is 10.9 Å². The lowest BCUT2D eigenvalue weighted by Crippen LogP contribution is -2.41. The molecule has 2 aromatic rings. The Morgan fingerprint density at radius 1 is 1.12 bits per heavy atom. The van der Waals surface area contributed by atoms with E-state index < -0.39 is 41.7 Å². The van der Waals surface area contributed by atoms with Crippen molar-refractivity contribution in [1.29, 1.82) is 0 Å². The third-order valence-electron chi connectivity index (χ3n) is 4.11. The highest BCUT2D eigenvalue weighted by molar-refractivity contribution is 5.97. The predicted octanol–water partition coefficient (Wildman–Crippen LogP) is 3.07. The second-order valence-electron chi connectivity index (χ2n) is 5.78. The van der Waals surface area contributed by atoms with Gasteiger partial charge in [-0.25, -0.2) is 27.4 Å². The Labute approximate surface area is 145 Å². The molecule has 4 nitrogen and oxygen atoms in total. The lowest BCUT2D eigenvalue weighted by Gasteiger charge is -2.18. The number of rotatable bonds is 4. The van der Waals surface area contributed by atoms with Crippen molar-refractivity contribution in [3.05, 3.63) is 53.8 Å². The van der Waals surface area contributed by atoms with Crippen LogP contribution in [0.1, 0.15) is 0 Å². The van der Waals surface area contributed by atoms with Crippen molar-refractivity contribution in [2.45, 2.75) is 12.5 Å². The van der Waals surface area contributed by atoms with E-state index in [9.17, 15) is 26.7 Å². The van der Waals surface area contributed by atoms with Crippen LogP contribution in [0.2, 0.25) is 0 Å². The number of nitrogens with one attached hydrogen (secondary N) is 3. The van der Waals surface area contributed by atoms with Gasteiger partial charge in [-0.2, -0.15) is 0 Å². The monoisotopic (exact) mass is 371 g/mol. The van der Waals surface area contributed by atoms with E-state index in [4.69, 9.17) is 0 Å². The van der Waals surface area contributed by atoms with Crippen LogP contribution in [0.3, 0.4) is 0 Å². The highest BCUT2D eigenvalue weighted by Gasteiger charge is 2.38. The van der Waals surface area contributed by atoms with Crippen LogP contribution in [0.15, 0.2) is 36.4 Å². The lowest BCUT2D eigenvalue weighted by molar-refractivity contribution is -0.121. The number of carbonyl (C=O) groups is 1. The van der Waals surface area contributed by atoms with Gasteiger partial charge in [0, 0.05) is 17.8 Å². The Hall–Kier alpha value is -2.52. The number of anilines is 1. The fourth-order valence-electron chi connectivity index (χ4n) is 2.79. The third kappa shape index (κ3) is 3.54. The van der Waals surface area contributed by atoms with Crippen molar-refractivity contribution in [2.24, 2.45) is 5.92 Å². The van der Waals surface area contributed by atoms with Crippen LogP contribution in [-0.4, -0.2) is 24.9 Å². The first-order chi connectivity index (χ1) is 12.4. The van der Waals surface area contributed by atoms with Crippen LogP contribution < -0.4 is 16.2 Å². The van der Waals surface area contributed by atoms with E-state index in [0.29, 0.717) is 0 Å². The minimum atomic E-state index is -2.75. The Bertz CT molecular complexity index is 807. The minimum absolute atomic E-state index is 0.00279. The molecule has 2 aromatic carbocycles. The molecule has 1 saturated heterocycles. The molecule has 0 aromatic heterocycles. The van der Waals surface area contributed by atoms with Gasteiger partial charge in [-0.3, -0.25) is 10.2 Å². The number of para-hydroxylation sites is 1. The number of amides is 1. The summed E-state index contributed by atoms with van der Waals surface area (Å²) in [5, 5.41) is 2.50. The lowest BCUT2D eigenvalue weighted by atomic mass is 9.99. The number of alkyl halides is 2. The standard InChI is InChI=1S/C17H14F5N3O/c18-11-5-8(6-12(19)14(11)20)9-3-1-2-4-13(9)24-17(26)10-7-23-25-15(10)16(21)22/h1-6,10,15-16,23,25H,7H2,(H,24,26). The van der Waals surface area contributed by atoms with Gasteiger partial charge in [0.1, 0.15) is 0 Å². The average Bonchev–Trinajstić information content (AvgIpc) is 3.10. The van der Waals surface area contributed by atoms with Gasteiger partial charge in [0.05, 0.1) is 12.0 Å². The van der Waals surface area contributed by atoms with E-state index in [1.807, 2.05) is 0 Å². The van der Waals surface area contributed by atoms with Crippen molar-refractivity contribution in [2.75, 3.05) is 11.9 Å². The van der Waals surface area contributed by atoms with Crippen molar-refractivity contribution in [3.8, 4) is 11.1 Å². The molecule has 2 unspecified atom stereocenters. The molecule has 1 fully saturated rings. The number of hydrogen-bond donors (Lipinski definition) is 3. The van der Waals surface area contributed by atoms with Gasteiger partial charge < -0.3 is 5.32 Å². The molecule has 0 radical (unpaired) electrons. The summed E-state index contributed by atoms with van der Waals surface area (Å²) in [5.74, 6) is -6.06. The number of benzene rings is 2. The molecule has 0 bridgehead atoms. The Morgan fingerprint density at radius 2 is 1.77 bits per heavy atom. The second-order valence-corrected chi connectivity index (χ2v) is 5.78. The molecule has 0 spiro atoms. The van der Waals surface area contributed by atoms with E-state index in [1.54, 1.807) is 12.1 Å². The van der Waals surface area contributed by atoms with Crippen LogP contribution in [0.5, 0.6) is 0 Å². The summed E-state index contributed by atoms with van der Waals surface area (Å²) < 4.78 is 66.1. The summed E-state index contributed by atoms with van der Waals surface area (Å²) >= 11 is 0. The fourth-order valence-corrected chi connectivity index (χ4v) is 2.79. The maximum atomic E-state index is 13.5. The second kappa shape index (κ2) is 7.38. The smallest absolute Gasteiger partial charge is 0.255 e. The number of halogens is 5. The number of carbonyl (C=O) groups excluding carboxylic acids is 1. The van der Waals surface area contributed by atoms with Gasteiger partial charge in [-0.05, 0) is 23.8 Å². The van der Waals surface area contributed by atoms with Gasteiger partial charge in [-0.1, -0.05) is 18.2 Å². The molecule has 3 rings (SSSR count). The van der Waals surface area contributed by atoms with Crippen molar-refractivity contribution >= 4 is 11.6 Å².